The van der Waals surface area contributed by atoms with Gasteiger partial charge in [0.2, 0.25) is 17.7 Å². The normalized spacial score (nSPS) is 23.3. The molecule has 2 aliphatic rings. The van der Waals surface area contributed by atoms with Crippen molar-refractivity contribution in [3.63, 3.8) is 0 Å². The minimum Gasteiger partial charge on any atom is -0.495 e. The molecule has 41 heavy (non-hydrogen) atoms. The largest absolute Gasteiger partial charge is 0.495 e. The summed E-state index contributed by atoms with van der Waals surface area (Å²) in [6.45, 7) is 6.25. The van der Waals surface area contributed by atoms with Crippen molar-refractivity contribution in [3.05, 3.63) is 81.6 Å². The molecule has 4 atom stereocenters. The van der Waals surface area contributed by atoms with Gasteiger partial charge in [-0.15, -0.1) is 0 Å². The fourth-order valence-corrected chi connectivity index (χ4v) is 6.46. The predicted molar refractivity (Wildman–Crippen MR) is 159 cm³/mol. The van der Waals surface area contributed by atoms with Gasteiger partial charge in [-0.3, -0.25) is 19.4 Å². The molecule has 0 saturated carbocycles. The minimum atomic E-state index is -1.25. The predicted octanol–water partition coefficient (Wildman–Crippen LogP) is 4.88. The molecule has 1 saturated heterocycles. The summed E-state index contributed by atoms with van der Waals surface area (Å²) in [4.78, 5) is 44.7. The van der Waals surface area contributed by atoms with Crippen molar-refractivity contribution in [2.24, 2.45) is 11.1 Å². The van der Waals surface area contributed by atoms with Crippen LogP contribution in [0.15, 0.2) is 54.7 Å². The van der Waals surface area contributed by atoms with Crippen LogP contribution in [0, 0.1) is 5.41 Å². The number of anilines is 2. The third kappa shape index (κ3) is 5.14. The van der Waals surface area contributed by atoms with Gasteiger partial charge in [-0.05, 0) is 53.8 Å². The van der Waals surface area contributed by atoms with Crippen LogP contribution in [0.3, 0.4) is 0 Å². The smallest absolute Gasteiger partial charge is 0.248 e. The van der Waals surface area contributed by atoms with Gasteiger partial charge in [0.05, 0.1) is 35.2 Å². The summed E-state index contributed by atoms with van der Waals surface area (Å²) >= 11 is 12.7. The van der Waals surface area contributed by atoms with E-state index in [0.29, 0.717) is 39.1 Å². The summed E-state index contributed by atoms with van der Waals surface area (Å²) in [5.74, 6) is -1.71. The summed E-state index contributed by atoms with van der Waals surface area (Å²) in [6.07, 6.45) is 2.08. The highest BCUT2D eigenvalue weighted by molar-refractivity contribution is 6.31. The number of rotatable bonds is 6. The third-order valence-corrected chi connectivity index (χ3v) is 8.12. The highest BCUT2D eigenvalue weighted by atomic mass is 35.5. The van der Waals surface area contributed by atoms with Gasteiger partial charge in [-0.2, -0.15) is 0 Å². The van der Waals surface area contributed by atoms with E-state index in [0.717, 1.165) is 0 Å². The number of primary amides is 1. The molecule has 1 fully saturated rings. The molecule has 5 rings (SSSR count). The second kappa shape index (κ2) is 10.6. The van der Waals surface area contributed by atoms with Crippen LogP contribution in [0.2, 0.25) is 10.0 Å². The molecule has 0 unspecified atom stereocenters. The van der Waals surface area contributed by atoms with Crippen LogP contribution in [0.25, 0.3) is 0 Å². The quantitative estimate of drug-likeness (QED) is 0.320. The number of hydrogen-bond donors (Lipinski definition) is 4. The van der Waals surface area contributed by atoms with Crippen LogP contribution in [0.5, 0.6) is 5.75 Å². The molecular formula is C30H31Cl2N5O4. The van der Waals surface area contributed by atoms with Crippen LogP contribution < -0.4 is 26.4 Å². The molecule has 214 valence electrons. The topological polar surface area (TPSA) is 135 Å². The number of benzene rings is 2. The van der Waals surface area contributed by atoms with Crippen molar-refractivity contribution in [3.8, 4) is 5.75 Å². The monoisotopic (exact) mass is 595 g/mol. The lowest BCUT2D eigenvalue weighted by Gasteiger charge is -2.36. The van der Waals surface area contributed by atoms with Crippen molar-refractivity contribution < 1.29 is 19.1 Å². The Kier molecular flexibility index (Phi) is 7.48. The Balaban J connectivity index is 1.67. The van der Waals surface area contributed by atoms with E-state index in [2.05, 4.69) is 41.7 Å². The number of pyridine rings is 1. The van der Waals surface area contributed by atoms with Crippen LogP contribution in [0.4, 0.5) is 11.4 Å². The Bertz CT molecular complexity index is 1560. The van der Waals surface area contributed by atoms with Crippen LogP contribution in [-0.4, -0.2) is 41.9 Å². The second-order valence-electron chi connectivity index (χ2n) is 11.6. The highest BCUT2D eigenvalue weighted by Crippen LogP contribution is 2.56. The summed E-state index contributed by atoms with van der Waals surface area (Å²) in [7, 11) is 1.43. The number of nitrogens with two attached hydrogens (primary N) is 1. The molecule has 1 aromatic heterocycles. The number of carbonyl (C=O) groups is 3. The van der Waals surface area contributed by atoms with Crippen molar-refractivity contribution in [2.75, 3.05) is 17.7 Å². The molecule has 3 amide bonds. The molecule has 11 heteroatoms. The number of nitrogens with one attached hydrogen (secondary N) is 3. The zero-order valence-corrected chi connectivity index (χ0v) is 24.6. The van der Waals surface area contributed by atoms with E-state index in [1.165, 1.54) is 25.4 Å². The molecule has 3 heterocycles. The standard InChI is InChI=1S/C30H31Cl2N5O4/c1-29(2,3)13-22-30(25-20(36-28(30)40)12-18(32)14-34-25)23(15-6-5-7-17(31)10-15)24(37-22)27(39)35-19-9-8-16(26(33)38)11-21(19)41-4/h5-12,14,22-24,37H,13H2,1-4H3,(H2,33,38)(H,35,39)(H,36,40)/t22-,23-,24+,30+/m0/s1. The highest BCUT2D eigenvalue weighted by Gasteiger charge is 2.66. The number of fused-ring (bicyclic) bond motifs is 2. The lowest BCUT2D eigenvalue weighted by Crippen LogP contribution is -2.50. The Morgan fingerprint density at radius 2 is 1.88 bits per heavy atom. The number of carbonyl (C=O) groups excluding carboxylic acids is 3. The first-order chi connectivity index (χ1) is 19.3. The van der Waals surface area contributed by atoms with Gasteiger partial charge < -0.3 is 26.4 Å². The Morgan fingerprint density at radius 1 is 1.12 bits per heavy atom. The van der Waals surface area contributed by atoms with Gasteiger partial charge in [-0.1, -0.05) is 56.1 Å². The van der Waals surface area contributed by atoms with E-state index in [1.54, 1.807) is 30.3 Å². The van der Waals surface area contributed by atoms with E-state index >= 15 is 0 Å². The van der Waals surface area contributed by atoms with E-state index in [9.17, 15) is 14.4 Å². The molecule has 1 spiro atoms. The summed E-state index contributed by atoms with van der Waals surface area (Å²) in [6, 6.07) is 12.0. The maximum absolute atomic E-state index is 14.2. The maximum atomic E-state index is 14.2. The van der Waals surface area contributed by atoms with E-state index in [4.69, 9.17) is 33.7 Å². The van der Waals surface area contributed by atoms with Gasteiger partial charge in [0.15, 0.2) is 0 Å². The van der Waals surface area contributed by atoms with Crippen LogP contribution in [-0.2, 0) is 15.0 Å². The maximum Gasteiger partial charge on any atom is 0.248 e. The van der Waals surface area contributed by atoms with Gasteiger partial charge in [0, 0.05) is 28.7 Å². The average Bonchev–Trinajstić information content (AvgIpc) is 3.37. The molecular weight excluding hydrogens is 565 g/mol. The van der Waals surface area contributed by atoms with Crippen LogP contribution in [0.1, 0.15) is 54.7 Å². The molecule has 3 aromatic rings. The van der Waals surface area contributed by atoms with E-state index in [-0.39, 0.29) is 22.6 Å². The SMILES string of the molecule is COc1cc(C(N)=O)ccc1NC(=O)[C@@H]1N[C@@H](CC(C)(C)C)[C@@]2(C(=O)Nc3cc(Cl)cnc32)[C@H]1c1cccc(Cl)c1. The summed E-state index contributed by atoms with van der Waals surface area (Å²) < 4.78 is 5.43. The Hall–Kier alpha value is -3.66. The number of aromatic nitrogens is 1. The van der Waals surface area contributed by atoms with Gasteiger partial charge in [-0.25, -0.2) is 0 Å². The summed E-state index contributed by atoms with van der Waals surface area (Å²) in [5, 5.41) is 10.3. The first-order valence-electron chi connectivity index (χ1n) is 13.1. The second-order valence-corrected chi connectivity index (χ2v) is 12.5. The Labute approximate surface area is 248 Å². The zero-order chi connectivity index (χ0) is 29.7. The molecule has 9 nitrogen and oxygen atoms in total. The van der Waals surface area contributed by atoms with Gasteiger partial charge in [0.1, 0.15) is 11.2 Å². The molecule has 0 radical (unpaired) electrons. The number of nitrogens with zero attached hydrogens (tertiary/aromatic N) is 1. The van der Waals surface area contributed by atoms with Crippen molar-refractivity contribution in [2.45, 2.75) is 50.6 Å². The van der Waals surface area contributed by atoms with Crippen molar-refractivity contribution >= 4 is 52.3 Å². The van der Waals surface area contributed by atoms with Gasteiger partial charge in [0.25, 0.3) is 0 Å². The Morgan fingerprint density at radius 3 is 2.54 bits per heavy atom. The summed E-state index contributed by atoms with van der Waals surface area (Å²) in [5.41, 5.74) is 6.30. The molecule has 0 aliphatic carbocycles. The fourth-order valence-electron chi connectivity index (χ4n) is 6.11. The minimum absolute atomic E-state index is 0.210. The lowest BCUT2D eigenvalue weighted by molar-refractivity contribution is -0.122. The first kappa shape index (κ1) is 28.9. The van der Waals surface area contributed by atoms with E-state index < -0.39 is 35.2 Å². The van der Waals surface area contributed by atoms with Crippen molar-refractivity contribution in [1.82, 2.24) is 10.3 Å². The first-order valence-corrected chi connectivity index (χ1v) is 13.9. The van der Waals surface area contributed by atoms with Crippen LogP contribution >= 0.6 is 23.2 Å². The molecule has 0 bridgehead atoms. The third-order valence-electron chi connectivity index (χ3n) is 7.68. The zero-order valence-electron chi connectivity index (χ0n) is 23.0. The number of methoxy groups -OCH3 is 1. The number of halogens is 2. The fraction of sp³-hybridized carbons (Fsp3) is 0.333. The number of amides is 3. The average molecular weight is 597 g/mol. The van der Waals surface area contributed by atoms with Gasteiger partial charge >= 0.3 is 0 Å². The van der Waals surface area contributed by atoms with E-state index in [1.807, 2.05) is 6.07 Å². The lowest BCUT2D eigenvalue weighted by atomic mass is 9.64. The molecule has 2 aromatic carbocycles. The molecule has 2 aliphatic heterocycles. The van der Waals surface area contributed by atoms with Crippen molar-refractivity contribution in [1.29, 1.82) is 0 Å². The molecule has 5 N–H and O–H groups in total. The number of ether oxygens (including phenoxy) is 1. The number of hydrogen-bond acceptors (Lipinski definition) is 6.